The van der Waals surface area contributed by atoms with E-state index < -0.39 is 0 Å². The number of rotatable bonds is 3. The van der Waals surface area contributed by atoms with Gasteiger partial charge in [-0.05, 0) is 37.8 Å². The Kier molecular flexibility index (Phi) is 3.95. The highest BCUT2D eigenvalue weighted by atomic mass is 16.5. The van der Waals surface area contributed by atoms with E-state index in [2.05, 4.69) is 37.0 Å². The minimum Gasteiger partial charge on any atom is -0.381 e. The first-order valence-electron chi connectivity index (χ1n) is 6.37. The predicted octanol–water partition coefficient (Wildman–Crippen LogP) is 2.69. The number of hydrogen-bond acceptors (Lipinski definition) is 3. The van der Waals surface area contributed by atoms with E-state index in [9.17, 15) is 4.79 Å². The molecule has 0 spiro atoms. The number of carbonyl (C=O) groups excluding carboxylic acids is 1. The Morgan fingerprint density at radius 1 is 1.33 bits per heavy atom. The van der Waals surface area contributed by atoms with Crippen LogP contribution in [0.15, 0.2) is 23.2 Å². The zero-order valence-corrected chi connectivity index (χ0v) is 11.0. The van der Waals surface area contributed by atoms with Gasteiger partial charge in [0.1, 0.15) is 0 Å². The highest BCUT2D eigenvalue weighted by Gasteiger charge is 2.35. The lowest BCUT2D eigenvalue weighted by atomic mass is 9.72. The maximum absolute atomic E-state index is 10.4. The third kappa shape index (κ3) is 2.53. The molecule has 2 rings (SSSR count). The molecule has 3 heteroatoms. The molecular formula is C15H19NO2. The molecule has 0 bridgehead atoms. The van der Waals surface area contributed by atoms with E-state index in [4.69, 9.17) is 4.74 Å². The summed E-state index contributed by atoms with van der Waals surface area (Å²) in [6.07, 6.45) is 3.51. The van der Waals surface area contributed by atoms with Crippen LogP contribution in [0.3, 0.4) is 0 Å². The minimum absolute atomic E-state index is 0.0482. The largest absolute Gasteiger partial charge is 0.381 e. The molecule has 18 heavy (non-hydrogen) atoms. The van der Waals surface area contributed by atoms with Gasteiger partial charge in [0.2, 0.25) is 6.08 Å². The third-order valence-corrected chi connectivity index (χ3v) is 3.85. The molecule has 1 aliphatic heterocycles. The third-order valence-electron chi connectivity index (χ3n) is 3.85. The van der Waals surface area contributed by atoms with Crippen molar-refractivity contribution >= 4 is 6.08 Å². The van der Waals surface area contributed by atoms with Crippen LogP contribution in [0.2, 0.25) is 0 Å². The van der Waals surface area contributed by atoms with Crippen molar-refractivity contribution in [3.63, 3.8) is 0 Å². The first kappa shape index (κ1) is 13.0. The van der Waals surface area contributed by atoms with Gasteiger partial charge in [0.05, 0.1) is 6.54 Å². The van der Waals surface area contributed by atoms with Gasteiger partial charge < -0.3 is 4.74 Å². The molecule has 0 amide bonds. The Bertz CT molecular complexity index is 469. The second kappa shape index (κ2) is 5.47. The van der Waals surface area contributed by atoms with Crippen molar-refractivity contribution in [2.45, 2.75) is 32.1 Å². The molecule has 0 saturated carbocycles. The maximum Gasteiger partial charge on any atom is 0.234 e. The summed E-state index contributed by atoms with van der Waals surface area (Å²) >= 11 is 0. The standard InChI is InChI=1S/C15H19NO2/c1-12-3-4-14(13(2)9-12)15(10-16-11-17)5-7-18-8-6-15/h3-4,9H,5-8,10H2,1-2H3. The van der Waals surface area contributed by atoms with Crippen molar-refractivity contribution in [3.8, 4) is 0 Å². The molecule has 0 N–H and O–H groups in total. The highest BCUT2D eigenvalue weighted by molar-refractivity contribution is 5.39. The van der Waals surface area contributed by atoms with Crippen LogP contribution in [0.4, 0.5) is 0 Å². The summed E-state index contributed by atoms with van der Waals surface area (Å²) in [5.41, 5.74) is 3.79. The lowest BCUT2D eigenvalue weighted by Crippen LogP contribution is -2.37. The van der Waals surface area contributed by atoms with E-state index in [1.165, 1.54) is 16.7 Å². The summed E-state index contributed by atoms with van der Waals surface area (Å²) < 4.78 is 5.45. The Morgan fingerprint density at radius 3 is 2.67 bits per heavy atom. The van der Waals surface area contributed by atoms with E-state index in [-0.39, 0.29) is 5.41 Å². The normalized spacial score (nSPS) is 18.1. The van der Waals surface area contributed by atoms with Crippen LogP contribution in [0.5, 0.6) is 0 Å². The Labute approximate surface area is 108 Å². The molecule has 1 heterocycles. The van der Waals surface area contributed by atoms with Crippen LogP contribution in [-0.2, 0) is 14.9 Å². The van der Waals surface area contributed by atoms with Crippen molar-refractivity contribution in [2.75, 3.05) is 19.8 Å². The number of hydrogen-bond donors (Lipinski definition) is 0. The van der Waals surface area contributed by atoms with E-state index in [1.807, 2.05) is 0 Å². The summed E-state index contributed by atoms with van der Waals surface area (Å²) in [7, 11) is 0. The summed E-state index contributed by atoms with van der Waals surface area (Å²) in [6.45, 7) is 6.22. The highest BCUT2D eigenvalue weighted by Crippen LogP contribution is 2.37. The number of aliphatic imine (C=N–C) groups is 1. The summed E-state index contributed by atoms with van der Waals surface area (Å²) in [6, 6.07) is 6.50. The lowest BCUT2D eigenvalue weighted by Gasteiger charge is -2.37. The van der Waals surface area contributed by atoms with Gasteiger partial charge in [-0.15, -0.1) is 0 Å². The second-order valence-electron chi connectivity index (χ2n) is 5.12. The average Bonchev–Trinajstić information content (AvgIpc) is 2.37. The maximum atomic E-state index is 10.4. The molecule has 1 saturated heterocycles. The van der Waals surface area contributed by atoms with Gasteiger partial charge in [0.15, 0.2) is 0 Å². The number of benzene rings is 1. The lowest BCUT2D eigenvalue weighted by molar-refractivity contribution is 0.0529. The molecule has 0 atom stereocenters. The molecule has 0 aliphatic carbocycles. The molecule has 0 unspecified atom stereocenters. The molecule has 1 fully saturated rings. The molecule has 1 aromatic carbocycles. The zero-order valence-electron chi connectivity index (χ0n) is 11.0. The fraction of sp³-hybridized carbons (Fsp3) is 0.533. The van der Waals surface area contributed by atoms with Crippen LogP contribution in [0, 0.1) is 13.8 Å². The fourth-order valence-corrected chi connectivity index (χ4v) is 2.87. The fourth-order valence-electron chi connectivity index (χ4n) is 2.87. The SMILES string of the molecule is Cc1ccc(C2(CN=C=O)CCOCC2)c(C)c1. The molecule has 96 valence electrons. The van der Waals surface area contributed by atoms with Crippen molar-refractivity contribution in [1.82, 2.24) is 0 Å². The number of isocyanates is 1. The second-order valence-corrected chi connectivity index (χ2v) is 5.12. The number of nitrogens with zero attached hydrogens (tertiary/aromatic N) is 1. The average molecular weight is 245 g/mol. The van der Waals surface area contributed by atoms with Crippen LogP contribution < -0.4 is 0 Å². The van der Waals surface area contributed by atoms with Gasteiger partial charge in [-0.25, -0.2) is 9.79 Å². The van der Waals surface area contributed by atoms with Crippen LogP contribution in [0.25, 0.3) is 0 Å². The quantitative estimate of drug-likeness (QED) is 0.606. The summed E-state index contributed by atoms with van der Waals surface area (Å²) in [5.74, 6) is 0. The molecule has 3 nitrogen and oxygen atoms in total. The van der Waals surface area contributed by atoms with E-state index >= 15 is 0 Å². The first-order valence-corrected chi connectivity index (χ1v) is 6.37. The first-order chi connectivity index (χ1) is 8.68. The Balaban J connectivity index is 2.41. The van der Waals surface area contributed by atoms with E-state index in [1.54, 1.807) is 6.08 Å². The van der Waals surface area contributed by atoms with Crippen molar-refractivity contribution in [3.05, 3.63) is 34.9 Å². The van der Waals surface area contributed by atoms with E-state index in [0.717, 1.165) is 26.1 Å². The van der Waals surface area contributed by atoms with Crippen LogP contribution in [-0.4, -0.2) is 25.8 Å². The smallest absolute Gasteiger partial charge is 0.234 e. The number of aryl methyl sites for hydroxylation is 2. The van der Waals surface area contributed by atoms with Crippen LogP contribution in [0.1, 0.15) is 29.5 Å². The molecule has 0 aromatic heterocycles. The summed E-state index contributed by atoms with van der Waals surface area (Å²) in [5, 5.41) is 0. The Hall–Kier alpha value is -1.44. The van der Waals surface area contributed by atoms with Gasteiger partial charge in [-0.2, -0.15) is 0 Å². The zero-order chi connectivity index (χ0) is 13.0. The van der Waals surface area contributed by atoms with Gasteiger partial charge in [0, 0.05) is 18.6 Å². The monoisotopic (exact) mass is 245 g/mol. The van der Waals surface area contributed by atoms with Gasteiger partial charge in [-0.3, -0.25) is 0 Å². The number of ether oxygens (including phenoxy) is 1. The molecule has 0 radical (unpaired) electrons. The Morgan fingerprint density at radius 2 is 2.06 bits per heavy atom. The van der Waals surface area contributed by atoms with Crippen molar-refractivity contribution < 1.29 is 9.53 Å². The molecule has 1 aliphatic rings. The van der Waals surface area contributed by atoms with E-state index in [0.29, 0.717) is 6.54 Å². The van der Waals surface area contributed by atoms with Crippen LogP contribution >= 0.6 is 0 Å². The molecule has 1 aromatic rings. The predicted molar refractivity (Wildman–Crippen MR) is 70.6 cm³/mol. The minimum atomic E-state index is -0.0482. The van der Waals surface area contributed by atoms with Gasteiger partial charge >= 0.3 is 0 Å². The van der Waals surface area contributed by atoms with Crippen molar-refractivity contribution in [2.24, 2.45) is 4.99 Å². The van der Waals surface area contributed by atoms with Crippen molar-refractivity contribution in [1.29, 1.82) is 0 Å². The topological polar surface area (TPSA) is 38.7 Å². The van der Waals surface area contributed by atoms with Gasteiger partial charge in [0.25, 0.3) is 0 Å². The molecular weight excluding hydrogens is 226 g/mol. The van der Waals surface area contributed by atoms with Gasteiger partial charge in [-0.1, -0.05) is 23.8 Å². The summed E-state index contributed by atoms with van der Waals surface area (Å²) in [4.78, 5) is 14.3.